The van der Waals surface area contributed by atoms with Gasteiger partial charge >= 0.3 is 0 Å². The maximum absolute atomic E-state index is 11.1. The molecule has 0 saturated heterocycles. The minimum atomic E-state index is -3.57. The first kappa shape index (κ1) is 13.8. The van der Waals surface area contributed by atoms with Gasteiger partial charge in [-0.1, -0.05) is 0 Å². The SMILES string of the molecule is CC(C)NS(=O)(=O)NCCS(C)(=O)=O. The molecule has 14 heavy (non-hydrogen) atoms. The third-order valence-electron chi connectivity index (χ3n) is 1.16. The Labute approximate surface area is 85.2 Å². The van der Waals surface area contributed by atoms with E-state index in [0.29, 0.717) is 0 Å². The lowest BCUT2D eigenvalue weighted by Crippen LogP contribution is -2.41. The number of hydrogen-bond acceptors (Lipinski definition) is 4. The van der Waals surface area contributed by atoms with E-state index >= 15 is 0 Å². The van der Waals surface area contributed by atoms with Gasteiger partial charge in [-0.25, -0.2) is 13.1 Å². The van der Waals surface area contributed by atoms with Crippen molar-refractivity contribution in [2.75, 3.05) is 18.6 Å². The van der Waals surface area contributed by atoms with Crippen LogP contribution in [0.25, 0.3) is 0 Å². The van der Waals surface area contributed by atoms with Crippen LogP contribution in [0.15, 0.2) is 0 Å². The van der Waals surface area contributed by atoms with E-state index in [1.54, 1.807) is 13.8 Å². The van der Waals surface area contributed by atoms with Gasteiger partial charge in [-0.2, -0.15) is 13.1 Å². The highest BCUT2D eigenvalue weighted by atomic mass is 32.2. The predicted molar refractivity (Wildman–Crippen MR) is 54.9 cm³/mol. The minimum Gasteiger partial charge on any atom is -0.229 e. The molecule has 2 N–H and O–H groups in total. The summed E-state index contributed by atoms with van der Waals surface area (Å²) < 4.78 is 48.0. The predicted octanol–water partition coefficient (Wildman–Crippen LogP) is -1.14. The molecule has 0 aromatic carbocycles. The van der Waals surface area contributed by atoms with Crippen LogP contribution in [-0.2, 0) is 20.0 Å². The molecule has 0 atom stereocenters. The van der Waals surface area contributed by atoms with Gasteiger partial charge in [-0.15, -0.1) is 0 Å². The number of nitrogens with one attached hydrogen (secondary N) is 2. The van der Waals surface area contributed by atoms with Crippen molar-refractivity contribution >= 4 is 20.0 Å². The van der Waals surface area contributed by atoms with E-state index in [4.69, 9.17) is 0 Å². The topological polar surface area (TPSA) is 92.3 Å². The first-order chi connectivity index (χ1) is 6.12. The minimum absolute atomic E-state index is 0.110. The zero-order valence-corrected chi connectivity index (χ0v) is 10.1. The molecule has 0 aliphatic carbocycles. The van der Waals surface area contributed by atoms with Crippen LogP contribution in [0.2, 0.25) is 0 Å². The first-order valence-corrected chi connectivity index (χ1v) is 7.61. The average molecular weight is 244 g/mol. The fourth-order valence-corrected chi connectivity index (χ4v) is 2.39. The average Bonchev–Trinajstić information content (AvgIpc) is 1.78. The Morgan fingerprint density at radius 2 is 1.64 bits per heavy atom. The summed E-state index contributed by atoms with van der Waals surface area (Å²) in [6.45, 7) is 3.24. The summed E-state index contributed by atoms with van der Waals surface area (Å²) in [5.41, 5.74) is 0. The molecular formula is C6H16N2O4S2. The molecule has 0 amide bonds. The van der Waals surface area contributed by atoms with Crippen LogP contribution in [0, 0.1) is 0 Å². The molecule has 0 aromatic rings. The van der Waals surface area contributed by atoms with Crippen molar-refractivity contribution in [2.24, 2.45) is 0 Å². The third kappa shape index (κ3) is 8.42. The summed E-state index contributed by atoms with van der Waals surface area (Å²) >= 11 is 0. The highest BCUT2D eigenvalue weighted by Crippen LogP contribution is 1.85. The zero-order valence-electron chi connectivity index (χ0n) is 8.44. The summed E-state index contributed by atoms with van der Waals surface area (Å²) in [6.07, 6.45) is 1.05. The van der Waals surface area contributed by atoms with Gasteiger partial charge in [0, 0.05) is 18.8 Å². The van der Waals surface area contributed by atoms with Gasteiger partial charge in [0.2, 0.25) is 0 Å². The van der Waals surface area contributed by atoms with E-state index in [-0.39, 0.29) is 18.3 Å². The molecule has 0 bridgehead atoms. The van der Waals surface area contributed by atoms with E-state index in [1.807, 2.05) is 0 Å². The van der Waals surface area contributed by atoms with Gasteiger partial charge in [0.1, 0.15) is 9.84 Å². The highest BCUT2D eigenvalue weighted by Gasteiger charge is 2.11. The van der Waals surface area contributed by atoms with Crippen LogP contribution in [0.1, 0.15) is 13.8 Å². The van der Waals surface area contributed by atoms with Crippen LogP contribution in [-0.4, -0.2) is 41.4 Å². The van der Waals surface area contributed by atoms with E-state index in [9.17, 15) is 16.8 Å². The molecule has 0 heterocycles. The molecule has 0 fully saturated rings. The Hall–Kier alpha value is -0.180. The second-order valence-electron chi connectivity index (χ2n) is 3.30. The summed E-state index contributed by atoms with van der Waals surface area (Å²) in [4.78, 5) is 0. The fourth-order valence-electron chi connectivity index (χ4n) is 0.713. The fraction of sp³-hybridized carbons (Fsp3) is 1.00. The molecule has 0 spiro atoms. The summed E-state index contributed by atoms with van der Waals surface area (Å²) in [5.74, 6) is -0.202. The molecule has 0 aromatic heterocycles. The van der Waals surface area contributed by atoms with Crippen LogP contribution < -0.4 is 9.44 Å². The number of hydrogen-bond donors (Lipinski definition) is 2. The van der Waals surface area contributed by atoms with Gasteiger partial charge in [0.25, 0.3) is 10.2 Å². The molecule has 0 rings (SSSR count). The van der Waals surface area contributed by atoms with Crippen molar-refractivity contribution < 1.29 is 16.8 Å². The molecular weight excluding hydrogens is 228 g/mol. The van der Waals surface area contributed by atoms with E-state index in [1.165, 1.54) is 0 Å². The molecule has 0 unspecified atom stereocenters. The second kappa shape index (κ2) is 5.06. The standard InChI is InChI=1S/C6H16N2O4S2/c1-6(2)8-14(11,12)7-4-5-13(3,9)10/h6-8H,4-5H2,1-3H3. The van der Waals surface area contributed by atoms with Crippen LogP contribution in [0.5, 0.6) is 0 Å². The Bertz CT molecular complexity index is 357. The maximum Gasteiger partial charge on any atom is 0.277 e. The van der Waals surface area contributed by atoms with Gasteiger partial charge in [-0.3, -0.25) is 0 Å². The molecule has 0 radical (unpaired) electrons. The molecule has 0 saturated carbocycles. The van der Waals surface area contributed by atoms with E-state index in [0.717, 1.165) is 6.26 Å². The Kier molecular flexibility index (Phi) is 4.99. The van der Waals surface area contributed by atoms with Gasteiger partial charge < -0.3 is 0 Å². The summed E-state index contributed by atoms with van der Waals surface area (Å²) in [7, 11) is -6.70. The Morgan fingerprint density at radius 3 is 2.00 bits per heavy atom. The zero-order chi connectivity index (χ0) is 11.4. The van der Waals surface area contributed by atoms with Crippen molar-refractivity contribution in [3.63, 3.8) is 0 Å². The van der Waals surface area contributed by atoms with Crippen molar-refractivity contribution in [2.45, 2.75) is 19.9 Å². The van der Waals surface area contributed by atoms with Crippen molar-refractivity contribution in [3.8, 4) is 0 Å². The summed E-state index contributed by atoms with van der Waals surface area (Å²) in [6, 6.07) is -0.217. The largest absolute Gasteiger partial charge is 0.277 e. The monoisotopic (exact) mass is 244 g/mol. The highest BCUT2D eigenvalue weighted by molar-refractivity contribution is 7.90. The molecule has 0 aliphatic rings. The maximum atomic E-state index is 11.1. The number of rotatable bonds is 6. The van der Waals surface area contributed by atoms with Crippen LogP contribution >= 0.6 is 0 Å². The van der Waals surface area contributed by atoms with Crippen molar-refractivity contribution in [1.29, 1.82) is 0 Å². The van der Waals surface area contributed by atoms with Crippen molar-refractivity contribution in [1.82, 2.24) is 9.44 Å². The lowest BCUT2D eigenvalue weighted by atomic mass is 10.4. The van der Waals surface area contributed by atoms with Crippen LogP contribution in [0.4, 0.5) is 0 Å². The molecule has 6 nitrogen and oxygen atoms in total. The van der Waals surface area contributed by atoms with Crippen molar-refractivity contribution in [3.05, 3.63) is 0 Å². The normalized spacial score (nSPS) is 13.4. The Morgan fingerprint density at radius 1 is 1.14 bits per heavy atom. The number of sulfone groups is 1. The van der Waals surface area contributed by atoms with Gasteiger partial charge in [0.15, 0.2) is 0 Å². The van der Waals surface area contributed by atoms with E-state index in [2.05, 4.69) is 9.44 Å². The Balaban J connectivity index is 4.02. The molecule has 0 aliphatic heterocycles. The second-order valence-corrected chi connectivity index (χ2v) is 7.09. The van der Waals surface area contributed by atoms with Crippen LogP contribution in [0.3, 0.4) is 0 Å². The molecule has 8 heteroatoms. The molecule has 86 valence electrons. The van der Waals surface area contributed by atoms with Gasteiger partial charge in [0.05, 0.1) is 5.75 Å². The third-order valence-corrected chi connectivity index (χ3v) is 3.47. The quantitative estimate of drug-likeness (QED) is 0.618. The lowest BCUT2D eigenvalue weighted by Gasteiger charge is -2.09. The first-order valence-electron chi connectivity index (χ1n) is 4.07. The lowest BCUT2D eigenvalue weighted by molar-refractivity contribution is 0.556. The summed E-state index contributed by atoms with van der Waals surface area (Å²) in [5, 5.41) is 0. The van der Waals surface area contributed by atoms with Gasteiger partial charge in [-0.05, 0) is 13.8 Å². The smallest absolute Gasteiger partial charge is 0.229 e. The van der Waals surface area contributed by atoms with E-state index < -0.39 is 20.0 Å².